The predicted molar refractivity (Wildman–Crippen MR) is 93.3 cm³/mol. The average Bonchev–Trinajstić information content (AvgIpc) is 2.75. The Balaban J connectivity index is 1.66. The van der Waals surface area contributed by atoms with Crippen LogP contribution in [0, 0.1) is 0 Å². The van der Waals surface area contributed by atoms with E-state index in [0.29, 0.717) is 24.5 Å². The number of carbonyl (C=O) groups excluding carboxylic acids is 2. The molecule has 0 spiro atoms. The lowest BCUT2D eigenvalue weighted by Gasteiger charge is -2.10. The van der Waals surface area contributed by atoms with E-state index < -0.39 is 0 Å². The first-order chi connectivity index (χ1) is 11.6. The Morgan fingerprint density at radius 2 is 1.92 bits per heavy atom. The Morgan fingerprint density at radius 3 is 2.67 bits per heavy atom. The highest BCUT2D eigenvalue weighted by Crippen LogP contribution is 2.28. The fraction of sp³-hybridized carbons (Fsp3) is 0.263. The van der Waals surface area contributed by atoms with Gasteiger partial charge in [-0.2, -0.15) is 0 Å². The molecule has 1 aliphatic heterocycles. The minimum atomic E-state index is -0.0972. The van der Waals surface area contributed by atoms with Crippen molar-refractivity contribution in [2.45, 2.75) is 26.2 Å². The Bertz CT molecular complexity index is 754. The zero-order valence-electron chi connectivity index (χ0n) is 13.6. The zero-order valence-corrected chi connectivity index (χ0v) is 13.6. The predicted octanol–water partition coefficient (Wildman–Crippen LogP) is 3.15. The summed E-state index contributed by atoms with van der Waals surface area (Å²) in [5.41, 5.74) is 3.45. The molecule has 5 heteroatoms. The summed E-state index contributed by atoms with van der Waals surface area (Å²) in [6, 6.07) is 13.2. The summed E-state index contributed by atoms with van der Waals surface area (Å²) in [6.45, 7) is 2.46. The molecule has 5 nitrogen and oxygen atoms in total. The molecule has 2 aromatic carbocycles. The van der Waals surface area contributed by atoms with Crippen molar-refractivity contribution in [2.75, 3.05) is 17.2 Å². The zero-order chi connectivity index (χ0) is 16.9. The molecule has 2 amide bonds. The minimum absolute atomic E-state index is 0.0774. The number of ether oxygens (including phenoxy) is 1. The van der Waals surface area contributed by atoms with Gasteiger partial charge in [0.1, 0.15) is 5.75 Å². The summed E-state index contributed by atoms with van der Waals surface area (Å²) in [6.07, 6.45) is 1.54. The number of benzene rings is 2. The third kappa shape index (κ3) is 3.93. The van der Waals surface area contributed by atoms with Gasteiger partial charge in [0, 0.05) is 5.69 Å². The molecule has 0 bridgehead atoms. The van der Waals surface area contributed by atoms with Crippen LogP contribution >= 0.6 is 0 Å². The number of hydrogen-bond acceptors (Lipinski definition) is 3. The number of amides is 2. The van der Waals surface area contributed by atoms with Crippen LogP contribution in [0.25, 0.3) is 0 Å². The largest absolute Gasteiger partial charge is 0.491 e. The van der Waals surface area contributed by atoms with Crippen LogP contribution in [0.3, 0.4) is 0 Å². The number of nitrogens with one attached hydrogen (secondary N) is 2. The average molecular weight is 324 g/mol. The second-order valence-electron chi connectivity index (χ2n) is 5.75. The molecule has 124 valence electrons. The van der Waals surface area contributed by atoms with E-state index in [9.17, 15) is 9.59 Å². The molecule has 24 heavy (non-hydrogen) atoms. The lowest BCUT2D eigenvalue weighted by Crippen LogP contribution is -2.15. The quantitative estimate of drug-likeness (QED) is 0.908. The number of hydrogen-bond donors (Lipinski definition) is 2. The number of rotatable bonds is 4. The van der Waals surface area contributed by atoms with Gasteiger partial charge in [-0.15, -0.1) is 0 Å². The van der Waals surface area contributed by atoms with E-state index in [1.165, 1.54) is 5.56 Å². The first kappa shape index (κ1) is 16.1. The van der Waals surface area contributed by atoms with Gasteiger partial charge < -0.3 is 15.4 Å². The maximum absolute atomic E-state index is 12.2. The summed E-state index contributed by atoms with van der Waals surface area (Å²) in [4.78, 5) is 23.8. The SMILES string of the molecule is CCc1ccc(NC(=O)Cc2ccc3c(c2)NC(=O)CCO3)cc1. The maximum atomic E-state index is 12.2. The molecule has 0 unspecified atom stereocenters. The fourth-order valence-electron chi connectivity index (χ4n) is 2.59. The summed E-state index contributed by atoms with van der Waals surface area (Å²) in [5, 5.41) is 5.69. The molecule has 0 saturated carbocycles. The van der Waals surface area contributed by atoms with Gasteiger partial charge in [0.05, 0.1) is 25.1 Å². The van der Waals surface area contributed by atoms with Gasteiger partial charge in [0.2, 0.25) is 11.8 Å². The highest BCUT2D eigenvalue weighted by molar-refractivity contribution is 5.94. The van der Waals surface area contributed by atoms with Crippen molar-refractivity contribution in [3.63, 3.8) is 0 Å². The van der Waals surface area contributed by atoms with Crippen molar-refractivity contribution in [2.24, 2.45) is 0 Å². The smallest absolute Gasteiger partial charge is 0.228 e. The molecule has 0 fully saturated rings. The molecule has 0 aliphatic carbocycles. The summed E-state index contributed by atoms with van der Waals surface area (Å²) >= 11 is 0. The van der Waals surface area contributed by atoms with E-state index in [4.69, 9.17) is 4.74 Å². The molecule has 2 aromatic rings. The van der Waals surface area contributed by atoms with Gasteiger partial charge in [-0.3, -0.25) is 9.59 Å². The van der Waals surface area contributed by atoms with Crippen LogP contribution < -0.4 is 15.4 Å². The van der Waals surface area contributed by atoms with E-state index in [1.54, 1.807) is 12.1 Å². The van der Waals surface area contributed by atoms with E-state index >= 15 is 0 Å². The highest BCUT2D eigenvalue weighted by Gasteiger charge is 2.15. The topological polar surface area (TPSA) is 67.4 Å². The standard InChI is InChI=1S/C19H20N2O3/c1-2-13-3-6-15(7-4-13)20-19(23)12-14-5-8-17-16(11-14)21-18(22)9-10-24-17/h3-8,11H,2,9-10,12H2,1H3,(H,20,23)(H,21,22). The summed E-state index contributed by atoms with van der Waals surface area (Å²) in [7, 11) is 0. The van der Waals surface area contributed by atoms with Gasteiger partial charge in [-0.05, 0) is 41.8 Å². The Kier molecular flexibility index (Phi) is 4.79. The van der Waals surface area contributed by atoms with Gasteiger partial charge in [0.25, 0.3) is 0 Å². The number of anilines is 2. The van der Waals surface area contributed by atoms with Crippen molar-refractivity contribution in [3.8, 4) is 5.75 Å². The molecule has 0 aromatic heterocycles. The van der Waals surface area contributed by atoms with Crippen molar-refractivity contribution in [1.29, 1.82) is 0 Å². The minimum Gasteiger partial charge on any atom is -0.491 e. The van der Waals surface area contributed by atoms with Crippen LogP contribution in [0.1, 0.15) is 24.5 Å². The van der Waals surface area contributed by atoms with E-state index in [-0.39, 0.29) is 18.2 Å². The van der Waals surface area contributed by atoms with Crippen LogP contribution in [0.2, 0.25) is 0 Å². The molecule has 0 radical (unpaired) electrons. The lowest BCUT2D eigenvalue weighted by molar-refractivity contribution is -0.116. The molecule has 3 rings (SSSR count). The van der Waals surface area contributed by atoms with E-state index in [1.807, 2.05) is 30.3 Å². The van der Waals surface area contributed by atoms with Gasteiger partial charge >= 0.3 is 0 Å². The Labute approximate surface area is 141 Å². The van der Waals surface area contributed by atoms with Crippen molar-refractivity contribution >= 4 is 23.2 Å². The third-order valence-electron chi connectivity index (χ3n) is 3.92. The van der Waals surface area contributed by atoms with Crippen molar-refractivity contribution in [1.82, 2.24) is 0 Å². The first-order valence-corrected chi connectivity index (χ1v) is 8.08. The summed E-state index contributed by atoms with van der Waals surface area (Å²) in [5.74, 6) is 0.464. The van der Waals surface area contributed by atoms with Gasteiger partial charge in [0.15, 0.2) is 0 Å². The normalized spacial score (nSPS) is 13.3. The van der Waals surface area contributed by atoms with Gasteiger partial charge in [-0.1, -0.05) is 25.1 Å². The highest BCUT2D eigenvalue weighted by atomic mass is 16.5. The monoisotopic (exact) mass is 324 g/mol. The van der Waals surface area contributed by atoms with Crippen molar-refractivity contribution in [3.05, 3.63) is 53.6 Å². The first-order valence-electron chi connectivity index (χ1n) is 8.08. The molecule has 0 atom stereocenters. The van der Waals surface area contributed by atoms with Crippen LogP contribution in [0.5, 0.6) is 5.75 Å². The van der Waals surface area contributed by atoms with E-state index in [2.05, 4.69) is 17.6 Å². The van der Waals surface area contributed by atoms with Crippen LogP contribution in [0.15, 0.2) is 42.5 Å². The molecule has 2 N–H and O–H groups in total. The van der Waals surface area contributed by atoms with Crippen LogP contribution in [0.4, 0.5) is 11.4 Å². The van der Waals surface area contributed by atoms with Crippen LogP contribution in [-0.4, -0.2) is 18.4 Å². The second-order valence-corrected chi connectivity index (χ2v) is 5.75. The molecule has 1 heterocycles. The lowest BCUT2D eigenvalue weighted by atomic mass is 10.1. The Morgan fingerprint density at radius 1 is 1.17 bits per heavy atom. The van der Waals surface area contributed by atoms with Gasteiger partial charge in [-0.25, -0.2) is 0 Å². The maximum Gasteiger partial charge on any atom is 0.228 e. The number of aryl methyl sites for hydroxylation is 1. The third-order valence-corrected chi connectivity index (χ3v) is 3.92. The molecular weight excluding hydrogens is 304 g/mol. The molecule has 0 saturated heterocycles. The Hall–Kier alpha value is -2.82. The van der Waals surface area contributed by atoms with E-state index in [0.717, 1.165) is 17.7 Å². The van der Waals surface area contributed by atoms with Crippen molar-refractivity contribution < 1.29 is 14.3 Å². The number of fused-ring (bicyclic) bond motifs is 1. The number of carbonyl (C=O) groups is 2. The second kappa shape index (κ2) is 7.17. The molecule has 1 aliphatic rings. The fourth-order valence-corrected chi connectivity index (χ4v) is 2.59. The van der Waals surface area contributed by atoms with Crippen LogP contribution in [-0.2, 0) is 22.4 Å². The summed E-state index contributed by atoms with van der Waals surface area (Å²) < 4.78 is 5.51. The molecular formula is C19H20N2O3.